The summed E-state index contributed by atoms with van der Waals surface area (Å²) in [6.45, 7) is 5.97. The topological polar surface area (TPSA) is 59.1 Å². The molecule has 0 aliphatic heterocycles. The molecule has 98 valence electrons. The van der Waals surface area contributed by atoms with E-state index in [9.17, 15) is 0 Å². The minimum absolute atomic E-state index is 0.252. The number of nitriles is 1. The van der Waals surface area contributed by atoms with Crippen molar-refractivity contribution in [2.75, 3.05) is 7.11 Å². The summed E-state index contributed by atoms with van der Waals surface area (Å²) in [5.41, 5.74) is 4.31. The lowest BCUT2D eigenvalue weighted by Crippen LogP contribution is -1.96. The molecule has 0 fully saturated rings. The van der Waals surface area contributed by atoms with E-state index in [1.165, 1.54) is 0 Å². The van der Waals surface area contributed by atoms with Crippen LogP contribution in [0.3, 0.4) is 0 Å². The molecule has 0 spiro atoms. The largest absolute Gasteiger partial charge is 0.496 e. The van der Waals surface area contributed by atoms with Gasteiger partial charge in [0, 0.05) is 5.56 Å². The van der Waals surface area contributed by atoms with E-state index in [1.807, 2.05) is 32.9 Å². The van der Waals surface area contributed by atoms with Gasteiger partial charge < -0.3 is 9.26 Å². The van der Waals surface area contributed by atoms with Crippen molar-refractivity contribution in [2.24, 2.45) is 0 Å². The van der Waals surface area contributed by atoms with E-state index in [-0.39, 0.29) is 5.69 Å². The minimum Gasteiger partial charge on any atom is -0.496 e. The summed E-state index contributed by atoms with van der Waals surface area (Å²) in [5.74, 6) is 1.42. The number of rotatable bonds is 2. The maximum absolute atomic E-state index is 8.93. The van der Waals surface area contributed by atoms with Crippen molar-refractivity contribution in [1.82, 2.24) is 5.16 Å². The van der Waals surface area contributed by atoms with E-state index in [0.717, 1.165) is 28.0 Å². The number of hydrogen-bond donors (Lipinski definition) is 0. The smallest absolute Gasteiger partial charge is 0.198 e. The van der Waals surface area contributed by atoms with Crippen molar-refractivity contribution in [1.29, 1.82) is 5.26 Å². The number of nitrogens with zero attached hydrogens (tertiary/aromatic N) is 2. The van der Waals surface area contributed by atoms with Crippen LogP contribution in [0.25, 0.3) is 11.3 Å². The third kappa shape index (κ3) is 2.13. The maximum atomic E-state index is 8.93. The van der Waals surface area contributed by atoms with Crippen molar-refractivity contribution in [3.8, 4) is 23.1 Å². The van der Waals surface area contributed by atoms with E-state index in [1.54, 1.807) is 7.11 Å². The zero-order valence-corrected chi connectivity index (χ0v) is 12.8. The Morgan fingerprint density at radius 1 is 1.32 bits per heavy atom. The number of halogens is 1. The second-order valence-corrected chi connectivity index (χ2v) is 5.10. The Kier molecular flexibility index (Phi) is 3.63. The zero-order valence-electron chi connectivity index (χ0n) is 11.2. The lowest BCUT2D eigenvalue weighted by molar-refractivity contribution is 0.410. The van der Waals surface area contributed by atoms with Crippen LogP contribution >= 0.6 is 15.9 Å². The number of benzene rings is 1. The number of methoxy groups -OCH3 is 1. The number of hydrogen-bond acceptors (Lipinski definition) is 4. The molecule has 0 atom stereocenters. The van der Waals surface area contributed by atoms with Gasteiger partial charge in [0.05, 0.1) is 7.11 Å². The van der Waals surface area contributed by atoms with Crippen molar-refractivity contribution in [3.63, 3.8) is 0 Å². The van der Waals surface area contributed by atoms with E-state index in [4.69, 9.17) is 14.5 Å². The van der Waals surface area contributed by atoms with Crippen LogP contribution in [-0.2, 0) is 0 Å². The lowest BCUT2D eigenvalue weighted by atomic mass is 9.95. The molecule has 1 heterocycles. The van der Waals surface area contributed by atoms with E-state index >= 15 is 0 Å². The molecule has 0 aliphatic rings. The Bertz CT molecular complexity index is 684. The van der Waals surface area contributed by atoms with Gasteiger partial charge in [-0.1, -0.05) is 5.16 Å². The van der Waals surface area contributed by atoms with Crippen LogP contribution in [0.1, 0.15) is 22.4 Å². The van der Waals surface area contributed by atoms with Crippen molar-refractivity contribution in [2.45, 2.75) is 20.8 Å². The molecule has 2 aromatic rings. The van der Waals surface area contributed by atoms with E-state index in [0.29, 0.717) is 10.2 Å². The van der Waals surface area contributed by atoms with Crippen LogP contribution in [0, 0.1) is 32.1 Å². The quantitative estimate of drug-likeness (QED) is 0.841. The van der Waals surface area contributed by atoms with Gasteiger partial charge in [-0.05, 0) is 59.5 Å². The standard InChI is InChI=1S/C14H13BrN2O2/c1-7-5-11(18-4)8(2)9(3)12(7)14-13(15)10(6-16)17-19-14/h5H,1-4H3. The Labute approximate surface area is 120 Å². The van der Waals surface area contributed by atoms with Gasteiger partial charge in [-0.25, -0.2) is 0 Å². The first-order valence-corrected chi connectivity index (χ1v) is 6.51. The summed E-state index contributed by atoms with van der Waals surface area (Å²) in [7, 11) is 1.65. The Morgan fingerprint density at radius 3 is 2.53 bits per heavy atom. The monoisotopic (exact) mass is 320 g/mol. The number of aromatic nitrogens is 1. The van der Waals surface area contributed by atoms with Crippen LogP contribution in [0.5, 0.6) is 5.75 Å². The van der Waals surface area contributed by atoms with E-state index < -0.39 is 0 Å². The molecule has 0 saturated carbocycles. The van der Waals surface area contributed by atoms with Gasteiger partial charge in [-0.3, -0.25) is 0 Å². The predicted octanol–water partition coefficient (Wildman–Crippen LogP) is 3.91. The molecule has 19 heavy (non-hydrogen) atoms. The summed E-state index contributed by atoms with van der Waals surface area (Å²) in [6, 6.07) is 3.94. The summed E-state index contributed by atoms with van der Waals surface area (Å²) in [4.78, 5) is 0. The van der Waals surface area contributed by atoms with Gasteiger partial charge in [0.2, 0.25) is 0 Å². The minimum atomic E-state index is 0.252. The highest BCUT2D eigenvalue weighted by atomic mass is 79.9. The molecule has 2 rings (SSSR count). The molecule has 4 nitrogen and oxygen atoms in total. The summed E-state index contributed by atoms with van der Waals surface area (Å²) in [5, 5.41) is 12.7. The normalized spacial score (nSPS) is 10.3. The molecule has 1 aromatic heterocycles. The molecule has 0 aliphatic carbocycles. The highest BCUT2D eigenvalue weighted by Gasteiger charge is 2.21. The third-order valence-electron chi connectivity index (χ3n) is 3.24. The number of ether oxygens (including phenoxy) is 1. The zero-order chi connectivity index (χ0) is 14.2. The molecule has 0 N–H and O–H groups in total. The first kappa shape index (κ1) is 13.6. The van der Waals surface area contributed by atoms with Gasteiger partial charge in [0.1, 0.15) is 16.3 Å². The highest BCUT2D eigenvalue weighted by Crippen LogP contribution is 2.38. The molecule has 0 amide bonds. The first-order chi connectivity index (χ1) is 9.01. The second kappa shape index (κ2) is 5.06. The average Bonchev–Trinajstić information content (AvgIpc) is 2.75. The van der Waals surface area contributed by atoms with Gasteiger partial charge in [-0.2, -0.15) is 5.26 Å². The van der Waals surface area contributed by atoms with Gasteiger partial charge in [-0.15, -0.1) is 0 Å². The molecular weight excluding hydrogens is 308 g/mol. The first-order valence-electron chi connectivity index (χ1n) is 5.71. The van der Waals surface area contributed by atoms with Crippen LogP contribution in [0.15, 0.2) is 15.1 Å². The molecule has 5 heteroatoms. The average molecular weight is 321 g/mol. The van der Waals surface area contributed by atoms with Crippen molar-refractivity contribution >= 4 is 15.9 Å². The number of aryl methyl sites for hydroxylation is 1. The Balaban J connectivity index is 2.73. The molecular formula is C14H13BrN2O2. The van der Waals surface area contributed by atoms with Gasteiger partial charge in [0.25, 0.3) is 0 Å². The van der Waals surface area contributed by atoms with Crippen LogP contribution in [0.4, 0.5) is 0 Å². The molecule has 0 radical (unpaired) electrons. The SMILES string of the molecule is COc1cc(C)c(-c2onc(C#N)c2Br)c(C)c1C. The maximum Gasteiger partial charge on any atom is 0.198 e. The fraction of sp³-hybridized carbons (Fsp3) is 0.286. The molecule has 0 saturated heterocycles. The summed E-state index contributed by atoms with van der Waals surface area (Å²) >= 11 is 3.37. The highest BCUT2D eigenvalue weighted by molar-refractivity contribution is 9.10. The molecule has 0 bridgehead atoms. The fourth-order valence-corrected chi connectivity index (χ4v) is 2.54. The Hall–Kier alpha value is -1.80. The van der Waals surface area contributed by atoms with E-state index in [2.05, 4.69) is 21.1 Å². The van der Waals surface area contributed by atoms with Crippen molar-refractivity contribution < 1.29 is 9.26 Å². The van der Waals surface area contributed by atoms with Crippen LogP contribution in [-0.4, -0.2) is 12.3 Å². The fourth-order valence-electron chi connectivity index (χ4n) is 2.11. The Morgan fingerprint density at radius 2 is 2.00 bits per heavy atom. The predicted molar refractivity (Wildman–Crippen MR) is 75.1 cm³/mol. The third-order valence-corrected chi connectivity index (χ3v) is 3.97. The van der Waals surface area contributed by atoms with Crippen LogP contribution in [0.2, 0.25) is 0 Å². The van der Waals surface area contributed by atoms with Crippen LogP contribution < -0.4 is 4.74 Å². The molecule has 0 unspecified atom stereocenters. The van der Waals surface area contributed by atoms with Gasteiger partial charge >= 0.3 is 0 Å². The summed E-state index contributed by atoms with van der Waals surface area (Å²) < 4.78 is 11.2. The van der Waals surface area contributed by atoms with Crippen molar-refractivity contribution in [3.05, 3.63) is 32.9 Å². The summed E-state index contributed by atoms with van der Waals surface area (Å²) in [6.07, 6.45) is 0. The lowest BCUT2D eigenvalue weighted by Gasteiger charge is -2.14. The molecule has 1 aromatic carbocycles. The second-order valence-electron chi connectivity index (χ2n) is 4.31. The van der Waals surface area contributed by atoms with Gasteiger partial charge in [0.15, 0.2) is 11.5 Å².